The van der Waals surface area contributed by atoms with Crippen LogP contribution in [-0.4, -0.2) is 43.7 Å². The summed E-state index contributed by atoms with van der Waals surface area (Å²) < 4.78 is 4.92. The molecule has 0 saturated carbocycles. The average Bonchev–Trinajstić information content (AvgIpc) is 3.07. The van der Waals surface area contributed by atoms with Gasteiger partial charge < -0.3 is 20.1 Å². The van der Waals surface area contributed by atoms with Gasteiger partial charge in [-0.3, -0.25) is 0 Å². The van der Waals surface area contributed by atoms with Gasteiger partial charge in [-0.1, -0.05) is 5.16 Å². The first-order valence-electron chi connectivity index (χ1n) is 6.18. The number of fused-ring (bicyclic) bond motifs is 1. The number of aromatic amines is 1. The molecule has 0 aliphatic rings. The summed E-state index contributed by atoms with van der Waals surface area (Å²) in [6.45, 7) is 2.40. The fraction of sp³-hybridized carbons (Fsp3) is 0.364. The quantitative estimate of drug-likeness (QED) is 0.623. The first kappa shape index (κ1) is 12.3. The van der Waals surface area contributed by atoms with Gasteiger partial charge in [0.2, 0.25) is 11.8 Å². The van der Waals surface area contributed by atoms with Crippen molar-refractivity contribution < 1.29 is 4.52 Å². The van der Waals surface area contributed by atoms with Crippen molar-refractivity contribution in [3.8, 4) is 0 Å². The highest BCUT2D eigenvalue weighted by Crippen LogP contribution is 2.18. The second-order valence-electron chi connectivity index (χ2n) is 4.15. The lowest BCUT2D eigenvalue weighted by atomic mass is 10.4. The fourth-order valence-corrected chi connectivity index (χ4v) is 1.81. The molecule has 9 heteroatoms. The minimum atomic E-state index is 0.516. The minimum Gasteiger partial charge on any atom is -0.368 e. The molecule has 3 aromatic rings. The first-order chi connectivity index (χ1) is 9.76. The van der Waals surface area contributed by atoms with Gasteiger partial charge in [0.1, 0.15) is 5.52 Å². The number of aromatic nitrogens is 6. The second-order valence-corrected chi connectivity index (χ2v) is 4.15. The molecule has 3 heterocycles. The molecule has 9 nitrogen and oxygen atoms in total. The standard InChI is InChI=1S/C11H14N8O/c1-6-16-7(19-20-6)3-4-13-9-8-10(15-5-14-8)18-11(12-2)17-9/h5H,3-4H2,1-2H3,(H3,12,13,14,15,17,18). The zero-order chi connectivity index (χ0) is 13.9. The molecule has 0 bridgehead atoms. The highest BCUT2D eigenvalue weighted by atomic mass is 16.5. The average molecular weight is 274 g/mol. The van der Waals surface area contributed by atoms with Crippen molar-refractivity contribution in [1.82, 2.24) is 30.1 Å². The third kappa shape index (κ3) is 2.37. The van der Waals surface area contributed by atoms with Gasteiger partial charge in [-0.15, -0.1) is 0 Å². The van der Waals surface area contributed by atoms with Gasteiger partial charge in [-0.2, -0.15) is 15.0 Å². The maximum absolute atomic E-state index is 4.92. The van der Waals surface area contributed by atoms with E-state index in [1.165, 1.54) is 0 Å². The van der Waals surface area contributed by atoms with Crippen LogP contribution in [-0.2, 0) is 6.42 Å². The largest absolute Gasteiger partial charge is 0.368 e. The lowest BCUT2D eigenvalue weighted by molar-refractivity contribution is 0.387. The molecule has 0 aromatic carbocycles. The minimum absolute atomic E-state index is 0.516. The summed E-state index contributed by atoms with van der Waals surface area (Å²) in [4.78, 5) is 19.9. The Hall–Kier alpha value is -2.71. The topological polar surface area (TPSA) is 117 Å². The molecule has 0 radical (unpaired) electrons. The molecule has 0 aliphatic heterocycles. The lowest BCUT2D eigenvalue weighted by Crippen LogP contribution is -2.09. The van der Waals surface area contributed by atoms with Crippen LogP contribution < -0.4 is 10.6 Å². The van der Waals surface area contributed by atoms with E-state index in [0.717, 1.165) is 5.52 Å². The van der Waals surface area contributed by atoms with Crippen LogP contribution in [0.4, 0.5) is 11.8 Å². The molecule has 0 saturated heterocycles. The first-order valence-corrected chi connectivity index (χ1v) is 6.18. The smallest absolute Gasteiger partial charge is 0.226 e. The second kappa shape index (κ2) is 5.11. The number of nitrogens with zero attached hydrogens (tertiary/aromatic N) is 5. The third-order valence-corrected chi connectivity index (χ3v) is 2.72. The van der Waals surface area contributed by atoms with Gasteiger partial charge in [-0.05, 0) is 0 Å². The van der Waals surface area contributed by atoms with Gasteiger partial charge in [0.05, 0.1) is 6.33 Å². The number of nitrogens with one attached hydrogen (secondary N) is 3. The Morgan fingerprint density at radius 2 is 2.20 bits per heavy atom. The summed E-state index contributed by atoms with van der Waals surface area (Å²) >= 11 is 0. The van der Waals surface area contributed by atoms with Crippen LogP contribution in [0, 0.1) is 6.92 Å². The molecule has 3 N–H and O–H groups in total. The number of hydrogen-bond donors (Lipinski definition) is 3. The van der Waals surface area contributed by atoms with Gasteiger partial charge in [0.25, 0.3) is 0 Å². The zero-order valence-corrected chi connectivity index (χ0v) is 11.1. The molecule has 0 amide bonds. The van der Waals surface area contributed by atoms with E-state index in [1.54, 1.807) is 20.3 Å². The number of imidazole rings is 1. The lowest BCUT2D eigenvalue weighted by Gasteiger charge is -2.06. The third-order valence-electron chi connectivity index (χ3n) is 2.72. The number of hydrogen-bond acceptors (Lipinski definition) is 8. The van der Waals surface area contributed by atoms with E-state index >= 15 is 0 Å². The van der Waals surface area contributed by atoms with Crippen LogP contribution in [0.3, 0.4) is 0 Å². The summed E-state index contributed by atoms with van der Waals surface area (Å²) in [6.07, 6.45) is 2.23. The van der Waals surface area contributed by atoms with Crippen molar-refractivity contribution in [3.05, 3.63) is 18.0 Å². The molecule has 0 spiro atoms. The molecular weight excluding hydrogens is 260 g/mol. The molecule has 0 fully saturated rings. The van der Waals surface area contributed by atoms with Gasteiger partial charge in [-0.25, -0.2) is 4.98 Å². The highest BCUT2D eigenvalue weighted by Gasteiger charge is 2.09. The summed E-state index contributed by atoms with van der Waals surface area (Å²) in [5.41, 5.74) is 1.38. The predicted octanol–water partition coefficient (Wildman–Crippen LogP) is 0.741. The summed E-state index contributed by atoms with van der Waals surface area (Å²) in [5, 5.41) is 9.97. The van der Waals surface area contributed by atoms with E-state index in [2.05, 4.69) is 40.7 Å². The van der Waals surface area contributed by atoms with Crippen LogP contribution in [0.2, 0.25) is 0 Å². The molecule has 3 rings (SSSR count). The maximum atomic E-state index is 4.92. The number of rotatable bonds is 5. The molecule has 0 unspecified atom stereocenters. The zero-order valence-electron chi connectivity index (χ0n) is 11.1. The van der Waals surface area contributed by atoms with Gasteiger partial charge in [0.15, 0.2) is 17.3 Å². The van der Waals surface area contributed by atoms with Crippen molar-refractivity contribution in [2.45, 2.75) is 13.3 Å². The van der Waals surface area contributed by atoms with E-state index in [-0.39, 0.29) is 0 Å². The van der Waals surface area contributed by atoms with Crippen LogP contribution in [0.25, 0.3) is 11.2 Å². The van der Waals surface area contributed by atoms with Crippen LogP contribution >= 0.6 is 0 Å². The van der Waals surface area contributed by atoms with E-state index in [0.29, 0.717) is 42.1 Å². The van der Waals surface area contributed by atoms with Crippen molar-refractivity contribution in [2.24, 2.45) is 0 Å². The highest BCUT2D eigenvalue weighted by molar-refractivity contribution is 5.83. The molecule has 0 aliphatic carbocycles. The number of aryl methyl sites for hydroxylation is 1. The van der Waals surface area contributed by atoms with Gasteiger partial charge >= 0.3 is 0 Å². The van der Waals surface area contributed by atoms with Crippen molar-refractivity contribution in [2.75, 3.05) is 24.2 Å². The summed E-state index contributed by atoms with van der Waals surface area (Å²) in [5.74, 6) is 2.44. The Bertz CT molecular complexity index is 718. The Labute approximate surface area is 114 Å². The normalized spacial score (nSPS) is 10.9. The van der Waals surface area contributed by atoms with Crippen molar-refractivity contribution in [1.29, 1.82) is 0 Å². The van der Waals surface area contributed by atoms with Crippen LogP contribution in [0.5, 0.6) is 0 Å². The molecule has 3 aromatic heterocycles. The molecule has 20 heavy (non-hydrogen) atoms. The molecular formula is C11H14N8O. The van der Waals surface area contributed by atoms with E-state index in [1.807, 2.05) is 0 Å². The maximum Gasteiger partial charge on any atom is 0.226 e. The SMILES string of the molecule is CNc1nc(NCCc2noc(C)n2)c2[nH]cnc2n1. The number of H-pyrrole nitrogens is 1. The fourth-order valence-electron chi connectivity index (χ4n) is 1.81. The van der Waals surface area contributed by atoms with Crippen LogP contribution in [0.1, 0.15) is 11.7 Å². The van der Waals surface area contributed by atoms with E-state index in [4.69, 9.17) is 4.52 Å². The van der Waals surface area contributed by atoms with Crippen molar-refractivity contribution in [3.63, 3.8) is 0 Å². The van der Waals surface area contributed by atoms with Crippen LogP contribution in [0.15, 0.2) is 10.9 Å². The Balaban J connectivity index is 1.74. The molecule has 0 atom stereocenters. The van der Waals surface area contributed by atoms with E-state index < -0.39 is 0 Å². The van der Waals surface area contributed by atoms with E-state index in [9.17, 15) is 0 Å². The monoisotopic (exact) mass is 274 g/mol. The Morgan fingerprint density at radius 3 is 2.95 bits per heavy atom. The summed E-state index contributed by atoms with van der Waals surface area (Å²) in [7, 11) is 1.76. The Morgan fingerprint density at radius 1 is 1.30 bits per heavy atom. The predicted molar refractivity (Wildman–Crippen MR) is 72.5 cm³/mol. The summed E-state index contributed by atoms with van der Waals surface area (Å²) in [6, 6.07) is 0. The van der Waals surface area contributed by atoms with Gasteiger partial charge in [0, 0.05) is 26.9 Å². The molecule has 104 valence electrons. The Kier molecular flexibility index (Phi) is 3.15. The number of anilines is 2. The van der Waals surface area contributed by atoms with Crippen molar-refractivity contribution >= 4 is 22.9 Å².